The topological polar surface area (TPSA) is 70.0 Å². The number of ketones is 1. The van der Waals surface area contributed by atoms with Gasteiger partial charge in [0.05, 0.1) is 18.8 Å². The average Bonchev–Trinajstić information content (AvgIpc) is 2.60. The summed E-state index contributed by atoms with van der Waals surface area (Å²) in [5.74, 6) is -3.63. The first-order valence-electron chi connectivity index (χ1n) is 7.80. The van der Waals surface area contributed by atoms with Crippen LogP contribution in [-0.2, 0) is 11.3 Å². The van der Waals surface area contributed by atoms with Crippen molar-refractivity contribution in [3.8, 4) is 11.5 Å². The first-order valence-corrected chi connectivity index (χ1v) is 7.80. The second-order valence-electron chi connectivity index (χ2n) is 5.84. The predicted molar refractivity (Wildman–Crippen MR) is 85.7 cm³/mol. The summed E-state index contributed by atoms with van der Waals surface area (Å²) in [4.78, 5) is 14.8. The fourth-order valence-corrected chi connectivity index (χ4v) is 2.77. The van der Waals surface area contributed by atoms with Crippen LogP contribution in [-0.4, -0.2) is 47.2 Å². The number of carbonyl (C=O) groups is 1. The molecule has 25 heavy (non-hydrogen) atoms. The average molecular weight is 349 g/mol. The Labute approximate surface area is 143 Å². The van der Waals surface area contributed by atoms with Crippen LogP contribution in [0.3, 0.4) is 0 Å². The van der Waals surface area contributed by atoms with Gasteiger partial charge in [-0.05, 0) is 23.8 Å². The van der Waals surface area contributed by atoms with Crippen molar-refractivity contribution in [1.82, 2.24) is 4.90 Å². The van der Waals surface area contributed by atoms with Crippen molar-refractivity contribution in [3.63, 3.8) is 0 Å². The Morgan fingerprint density at radius 3 is 2.44 bits per heavy atom. The SMILES string of the molecule is O=C(c1cc(O)c(O)cc1F)c1cc(F)ccc1CN1CCOCC1. The van der Waals surface area contributed by atoms with Crippen molar-refractivity contribution in [2.75, 3.05) is 26.3 Å². The predicted octanol–water partition coefficient (Wildman–Crippen LogP) is 2.44. The maximum absolute atomic E-state index is 14.0. The van der Waals surface area contributed by atoms with Gasteiger partial charge in [0, 0.05) is 31.3 Å². The highest BCUT2D eigenvalue weighted by molar-refractivity contribution is 6.10. The van der Waals surface area contributed by atoms with Crippen LogP contribution in [0.15, 0.2) is 30.3 Å². The van der Waals surface area contributed by atoms with Crippen molar-refractivity contribution in [3.05, 3.63) is 58.7 Å². The molecule has 0 aromatic heterocycles. The number of nitrogens with zero attached hydrogens (tertiary/aromatic N) is 1. The lowest BCUT2D eigenvalue weighted by molar-refractivity contribution is 0.0341. The minimum atomic E-state index is -0.984. The van der Waals surface area contributed by atoms with Crippen LogP contribution < -0.4 is 0 Å². The van der Waals surface area contributed by atoms with E-state index in [4.69, 9.17) is 4.74 Å². The Bertz CT molecular complexity index is 804. The summed E-state index contributed by atoms with van der Waals surface area (Å²) in [6.07, 6.45) is 0. The molecule has 0 atom stereocenters. The van der Waals surface area contributed by atoms with E-state index in [0.29, 0.717) is 44.5 Å². The highest BCUT2D eigenvalue weighted by Gasteiger charge is 2.22. The van der Waals surface area contributed by atoms with Crippen LogP contribution in [0.25, 0.3) is 0 Å². The van der Waals surface area contributed by atoms with Gasteiger partial charge in [0.2, 0.25) is 0 Å². The molecule has 0 saturated carbocycles. The molecule has 0 bridgehead atoms. The zero-order valence-corrected chi connectivity index (χ0v) is 13.3. The van der Waals surface area contributed by atoms with E-state index in [9.17, 15) is 23.8 Å². The third kappa shape index (κ3) is 3.78. The number of phenolic OH excluding ortho intramolecular Hbond substituents is 2. The molecule has 5 nitrogen and oxygen atoms in total. The Kier molecular flexibility index (Phi) is 4.96. The maximum atomic E-state index is 14.0. The van der Waals surface area contributed by atoms with Crippen molar-refractivity contribution >= 4 is 5.78 Å². The number of rotatable bonds is 4. The van der Waals surface area contributed by atoms with Crippen LogP contribution in [0.5, 0.6) is 11.5 Å². The summed E-state index contributed by atoms with van der Waals surface area (Å²) >= 11 is 0. The van der Waals surface area contributed by atoms with Gasteiger partial charge in [0.1, 0.15) is 11.6 Å². The minimum Gasteiger partial charge on any atom is -0.504 e. The summed E-state index contributed by atoms with van der Waals surface area (Å²) in [6, 6.07) is 5.30. The number of morpholine rings is 1. The Hall–Kier alpha value is -2.51. The van der Waals surface area contributed by atoms with Gasteiger partial charge in [-0.25, -0.2) is 8.78 Å². The molecular formula is C18H17F2NO4. The van der Waals surface area contributed by atoms with Gasteiger partial charge in [0.15, 0.2) is 17.3 Å². The zero-order valence-electron chi connectivity index (χ0n) is 13.3. The van der Waals surface area contributed by atoms with Gasteiger partial charge < -0.3 is 14.9 Å². The second kappa shape index (κ2) is 7.16. The minimum absolute atomic E-state index is 0.0236. The van der Waals surface area contributed by atoms with E-state index in [0.717, 1.165) is 12.1 Å². The van der Waals surface area contributed by atoms with E-state index in [1.807, 2.05) is 0 Å². The molecule has 0 unspecified atom stereocenters. The van der Waals surface area contributed by atoms with Gasteiger partial charge in [-0.1, -0.05) is 6.07 Å². The maximum Gasteiger partial charge on any atom is 0.196 e. The van der Waals surface area contributed by atoms with Gasteiger partial charge in [0.25, 0.3) is 0 Å². The van der Waals surface area contributed by atoms with Crippen molar-refractivity contribution < 1.29 is 28.5 Å². The van der Waals surface area contributed by atoms with Gasteiger partial charge in [-0.3, -0.25) is 9.69 Å². The third-order valence-corrected chi connectivity index (χ3v) is 4.12. The molecule has 7 heteroatoms. The van der Waals surface area contributed by atoms with E-state index >= 15 is 0 Å². The molecular weight excluding hydrogens is 332 g/mol. The highest BCUT2D eigenvalue weighted by atomic mass is 19.1. The summed E-state index contributed by atoms with van der Waals surface area (Å²) in [5, 5.41) is 18.9. The molecule has 2 N–H and O–H groups in total. The quantitative estimate of drug-likeness (QED) is 0.655. The molecule has 0 amide bonds. The molecule has 1 fully saturated rings. The molecule has 2 aromatic rings. The molecule has 0 aliphatic carbocycles. The van der Waals surface area contributed by atoms with Crippen LogP contribution in [0.2, 0.25) is 0 Å². The molecule has 0 spiro atoms. The molecule has 1 aliphatic heterocycles. The number of ether oxygens (including phenoxy) is 1. The second-order valence-corrected chi connectivity index (χ2v) is 5.84. The smallest absolute Gasteiger partial charge is 0.196 e. The van der Waals surface area contributed by atoms with E-state index < -0.39 is 34.5 Å². The van der Waals surface area contributed by atoms with Crippen LogP contribution in [0, 0.1) is 11.6 Å². The number of aromatic hydroxyl groups is 2. The lowest BCUT2D eigenvalue weighted by Crippen LogP contribution is -2.36. The van der Waals surface area contributed by atoms with Crippen molar-refractivity contribution in [1.29, 1.82) is 0 Å². The molecule has 2 aromatic carbocycles. The van der Waals surface area contributed by atoms with E-state index in [2.05, 4.69) is 4.90 Å². The van der Waals surface area contributed by atoms with Crippen molar-refractivity contribution in [2.24, 2.45) is 0 Å². The molecule has 3 rings (SSSR count). The normalized spacial score (nSPS) is 15.3. The summed E-state index contributed by atoms with van der Waals surface area (Å²) in [7, 11) is 0. The van der Waals surface area contributed by atoms with E-state index in [1.165, 1.54) is 12.1 Å². The zero-order chi connectivity index (χ0) is 18.0. The highest BCUT2D eigenvalue weighted by Crippen LogP contribution is 2.29. The number of carbonyl (C=O) groups excluding carboxylic acids is 1. The first-order chi connectivity index (χ1) is 12.0. The first kappa shape index (κ1) is 17.3. The Morgan fingerprint density at radius 1 is 1.04 bits per heavy atom. The van der Waals surface area contributed by atoms with Crippen LogP contribution >= 0.6 is 0 Å². The lowest BCUT2D eigenvalue weighted by atomic mass is 9.97. The molecule has 132 valence electrons. The molecule has 1 aliphatic rings. The number of hydrogen-bond acceptors (Lipinski definition) is 5. The van der Waals surface area contributed by atoms with Gasteiger partial charge in [-0.15, -0.1) is 0 Å². The lowest BCUT2D eigenvalue weighted by Gasteiger charge is -2.27. The number of hydrogen-bond donors (Lipinski definition) is 2. The van der Waals surface area contributed by atoms with E-state index in [1.54, 1.807) is 0 Å². The van der Waals surface area contributed by atoms with Gasteiger partial charge in [-0.2, -0.15) is 0 Å². The molecule has 0 radical (unpaired) electrons. The molecule has 1 saturated heterocycles. The number of phenols is 2. The summed E-state index contributed by atoms with van der Waals surface area (Å²) in [6.45, 7) is 2.91. The van der Waals surface area contributed by atoms with Crippen LogP contribution in [0.1, 0.15) is 21.5 Å². The summed E-state index contributed by atoms with van der Waals surface area (Å²) in [5.41, 5.74) is 0.153. The fraction of sp³-hybridized carbons (Fsp3) is 0.278. The van der Waals surface area contributed by atoms with E-state index in [-0.39, 0.29) is 5.56 Å². The van der Waals surface area contributed by atoms with Gasteiger partial charge >= 0.3 is 0 Å². The number of halogens is 2. The molecule has 1 heterocycles. The monoisotopic (exact) mass is 349 g/mol. The Balaban J connectivity index is 1.96. The largest absolute Gasteiger partial charge is 0.504 e. The number of benzene rings is 2. The van der Waals surface area contributed by atoms with Crippen molar-refractivity contribution in [2.45, 2.75) is 6.54 Å². The van der Waals surface area contributed by atoms with Crippen LogP contribution in [0.4, 0.5) is 8.78 Å². The third-order valence-electron chi connectivity index (χ3n) is 4.12. The fourth-order valence-electron chi connectivity index (χ4n) is 2.77. The Morgan fingerprint density at radius 2 is 1.72 bits per heavy atom. The summed E-state index contributed by atoms with van der Waals surface area (Å²) < 4.78 is 33.0. The standard InChI is InChI=1S/C18H17F2NO4/c19-12-2-1-11(10-21-3-5-25-6-4-21)13(7-12)18(24)14-8-16(22)17(23)9-15(14)20/h1-2,7-9,22-23H,3-6,10H2.